The minimum atomic E-state index is -0.858. The lowest BCUT2D eigenvalue weighted by molar-refractivity contribution is 0.0825. The van der Waals surface area contributed by atoms with Crippen molar-refractivity contribution in [1.82, 2.24) is 41.1 Å². The molecule has 2 heterocycles. The lowest BCUT2D eigenvalue weighted by Gasteiger charge is -2.22. The van der Waals surface area contributed by atoms with Crippen LogP contribution in [0, 0.1) is 11.6 Å². The minimum absolute atomic E-state index is 0.0504. The topological polar surface area (TPSA) is 455 Å². The van der Waals surface area contributed by atoms with Gasteiger partial charge in [0.15, 0.2) is 90.1 Å². The maximum absolute atomic E-state index is 13.6. The molecule has 1 aliphatic carbocycles. The van der Waals surface area contributed by atoms with Crippen LogP contribution in [0.25, 0.3) is 77.9 Å². The van der Waals surface area contributed by atoms with Crippen LogP contribution < -0.4 is 30.7 Å². The van der Waals surface area contributed by atoms with Crippen LogP contribution in [-0.2, 0) is 6.54 Å². The highest BCUT2D eigenvalue weighted by atomic mass is 19.1. The molecule has 1 saturated carbocycles. The molecule has 15 aromatic rings. The van der Waals surface area contributed by atoms with Crippen LogP contribution in [0.3, 0.4) is 0 Å². The molecule has 31 heteroatoms. The first-order chi connectivity index (χ1) is 70.9. The zero-order valence-corrected chi connectivity index (χ0v) is 81.0. The number of phenols is 7. The van der Waals surface area contributed by atoms with Gasteiger partial charge in [-0.25, -0.2) is 18.7 Å². The molecule has 0 radical (unpaired) electrons. The molecule has 147 heavy (non-hydrogen) atoms. The van der Waals surface area contributed by atoms with E-state index in [4.69, 9.17) is 9.47 Å². The van der Waals surface area contributed by atoms with Crippen LogP contribution in [-0.4, -0.2) is 176 Å². The number of halogens is 2. The van der Waals surface area contributed by atoms with E-state index in [-0.39, 0.29) is 121 Å². The highest BCUT2D eigenvalue weighted by Crippen LogP contribution is 2.39. The van der Waals surface area contributed by atoms with Gasteiger partial charge in [0.25, 0.3) is 29.5 Å². The molecule has 750 valence electrons. The Balaban J connectivity index is 0.000000177. The fraction of sp³-hybridized carbons (Fsp3) is 0.147. The lowest BCUT2D eigenvalue weighted by atomic mass is 9.95. The summed E-state index contributed by atoms with van der Waals surface area (Å²) in [7, 11) is 6.18. The molecule has 0 saturated heterocycles. The minimum Gasteiger partial charge on any atom is -0.507 e. The smallest absolute Gasteiger partial charge is 0.253 e. The third kappa shape index (κ3) is 30.9. The van der Waals surface area contributed by atoms with Gasteiger partial charge in [0, 0.05) is 97.4 Å². The van der Waals surface area contributed by atoms with Crippen molar-refractivity contribution in [2.45, 2.75) is 77.9 Å². The third-order valence-electron chi connectivity index (χ3n) is 22.7. The van der Waals surface area contributed by atoms with Crippen molar-refractivity contribution in [3.63, 3.8) is 0 Å². The highest BCUT2D eigenvalue weighted by molar-refractivity contribution is 6.00. The molecule has 16 rings (SSSR count). The van der Waals surface area contributed by atoms with E-state index < -0.39 is 23.1 Å². The number of phenolic OH excluding ortho intramolecular Hbond substituents is 7. The number of carbonyl (C=O) groups excluding carboxylic acids is 12. The normalized spacial score (nSPS) is 11.0. The highest BCUT2D eigenvalue weighted by Gasteiger charge is 2.22. The lowest BCUT2D eigenvalue weighted by Crippen LogP contribution is -2.36. The largest absolute Gasteiger partial charge is 0.507 e. The van der Waals surface area contributed by atoms with E-state index in [9.17, 15) is 102 Å². The summed E-state index contributed by atoms with van der Waals surface area (Å²) < 4.78 is 36.9. The van der Waals surface area contributed by atoms with Gasteiger partial charge in [-0.15, -0.1) is 0 Å². The molecule has 29 nitrogen and oxygen atoms in total. The fourth-order valence-electron chi connectivity index (χ4n) is 14.9. The van der Waals surface area contributed by atoms with Gasteiger partial charge in [0.05, 0.1) is 53.2 Å². The van der Waals surface area contributed by atoms with Crippen LogP contribution in [0.1, 0.15) is 189 Å². The van der Waals surface area contributed by atoms with E-state index in [0.29, 0.717) is 118 Å². The van der Waals surface area contributed by atoms with E-state index in [1.165, 1.54) is 74.6 Å². The molecular weight excluding hydrogens is 1880 g/mol. The maximum Gasteiger partial charge on any atom is 0.253 e. The summed E-state index contributed by atoms with van der Waals surface area (Å²) in [6, 6.07) is 74.8. The molecule has 13 aromatic carbocycles. The van der Waals surface area contributed by atoms with Gasteiger partial charge < -0.3 is 71.4 Å². The summed E-state index contributed by atoms with van der Waals surface area (Å²) in [5.74, 6) is -3.62. The second kappa shape index (κ2) is 54.8. The zero-order chi connectivity index (χ0) is 106. The van der Waals surface area contributed by atoms with Crippen molar-refractivity contribution < 1.29 is 112 Å². The van der Waals surface area contributed by atoms with Gasteiger partial charge >= 0.3 is 0 Å². The van der Waals surface area contributed by atoms with Crippen molar-refractivity contribution in [1.29, 1.82) is 0 Å². The average molecular weight is 1990 g/mol. The molecule has 1 fully saturated rings. The molecule has 0 aliphatic heterocycles. The van der Waals surface area contributed by atoms with Crippen molar-refractivity contribution in [2.75, 3.05) is 34.9 Å². The molecule has 0 spiro atoms. The van der Waals surface area contributed by atoms with Gasteiger partial charge in [-0.1, -0.05) is 135 Å². The van der Waals surface area contributed by atoms with E-state index in [1.807, 2.05) is 81.4 Å². The number of ether oxygens (including phenoxy) is 2. The molecule has 0 bridgehead atoms. The van der Waals surface area contributed by atoms with Gasteiger partial charge in [-0.2, -0.15) is 0 Å². The Morgan fingerprint density at radius 2 is 0.789 bits per heavy atom. The second-order valence-electron chi connectivity index (χ2n) is 33.5. The Morgan fingerprint density at radius 3 is 1.22 bits per heavy atom. The van der Waals surface area contributed by atoms with Crippen LogP contribution in [0.4, 0.5) is 8.78 Å². The van der Waals surface area contributed by atoms with Gasteiger partial charge in [-0.05, 0) is 269 Å². The number of rotatable bonds is 27. The van der Waals surface area contributed by atoms with Crippen LogP contribution in [0.5, 0.6) is 51.7 Å². The first kappa shape index (κ1) is 110. The SMILES string of the molecule is CC(C)NC(=O)c1cccc(-c2ccc(O)c(C=O)c2)c1.CCCNC(=O)c1cccc(-c2ccc(O)c(C=O)c2)c1.CN(C)C(=O)c1ccc(-c2cc(F)c(O)c(C=O)c2)cc1.COc1cc(-c2cccc(C(=O)NC3CCCCC3)c2)cc(C=O)c1O.COc1ccc(-c2ccncc2)c(C=O)c1O.O=Cc1cc(-c2cccc(C(=O)NCc3ccccc3)c2)ccc1O.O=Cc1cc(-c2cncnc2)cc(F)c1O. The number of aldehydes is 7. The predicted molar refractivity (Wildman–Crippen MR) is 554 cm³/mol. The fourth-order valence-corrected chi connectivity index (χ4v) is 14.9. The monoisotopic (exact) mass is 1980 g/mol. The number of carbonyl (C=O) groups is 12. The molecule has 11 N–H and O–H groups in total. The number of nitrogens with one attached hydrogen (secondary N) is 4. The number of hydrogen-bond acceptors (Lipinski definition) is 24. The van der Waals surface area contributed by atoms with E-state index in [2.05, 4.69) is 36.2 Å². The maximum atomic E-state index is 13.6. The van der Waals surface area contributed by atoms with E-state index in [1.54, 1.807) is 190 Å². The molecule has 1 aliphatic rings. The zero-order valence-electron chi connectivity index (χ0n) is 81.0. The second-order valence-corrected chi connectivity index (χ2v) is 33.5. The molecule has 5 amide bonds. The molecule has 0 unspecified atom stereocenters. The van der Waals surface area contributed by atoms with E-state index >= 15 is 0 Å². The Morgan fingerprint density at radius 1 is 0.381 bits per heavy atom. The Bertz CT molecular complexity index is 7190. The van der Waals surface area contributed by atoms with Gasteiger partial charge in [-0.3, -0.25) is 62.5 Å². The summed E-state index contributed by atoms with van der Waals surface area (Å²) >= 11 is 0. The van der Waals surface area contributed by atoms with Crippen molar-refractivity contribution in [3.8, 4) is 130 Å². The summed E-state index contributed by atoms with van der Waals surface area (Å²) in [4.78, 5) is 150. The quantitative estimate of drug-likeness (QED) is 0.0213. The number of benzene rings is 13. The molecule has 2 aromatic heterocycles. The molecule has 0 atom stereocenters. The van der Waals surface area contributed by atoms with Crippen LogP contribution in [0.15, 0.2) is 298 Å². The number of pyridine rings is 1. The van der Waals surface area contributed by atoms with Crippen LogP contribution in [0.2, 0.25) is 0 Å². The molecular formula is C116H106F2N8O21. The van der Waals surface area contributed by atoms with Gasteiger partial charge in [0.2, 0.25) is 0 Å². The number of hydrogen-bond donors (Lipinski definition) is 11. The van der Waals surface area contributed by atoms with Crippen molar-refractivity contribution >= 4 is 73.5 Å². The Hall–Kier alpha value is -18.8. The van der Waals surface area contributed by atoms with Crippen molar-refractivity contribution in [2.24, 2.45) is 0 Å². The number of nitrogens with zero attached hydrogens (tertiary/aromatic N) is 4. The number of aromatic hydroxyl groups is 7. The first-order valence-corrected chi connectivity index (χ1v) is 46.0. The number of aromatic nitrogens is 3. The van der Waals surface area contributed by atoms with Crippen LogP contribution >= 0.6 is 0 Å². The number of amides is 5. The Kier molecular flexibility index (Phi) is 41.1. The summed E-state index contributed by atoms with van der Waals surface area (Å²) in [6.07, 6.45) is 17.9. The average Bonchev–Trinajstić information content (AvgIpc) is 0.821. The van der Waals surface area contributed by atoms with Gasteiger partial charge in [0.1, 0.15) is 23.6 Å². The summed E-state index contributed by atoms with van der Waals surface area (Å²) in [5.41, 5.74) is 14.4. The first-order valence-electron chi connectivity index (χ1n) is 46.0. The summed E-state index contributed by atoms with van der Waals surface area (Å²) in [6.45, 7) is 6.89. The van der Waals surface area contributed by atoms with E-state index in [0.717, 1.165) is 94.3 Å². The summed E-state index contributed by atoms with van der Waals surface area (Å²) in [5, 5.41) is 78.8. The predicted octanol–water partition coefficient (Wildman–Crippen LogP) is 20.6. The third-order valence-corrected chi connectivity index (χ3v) is 22.7. The Labute approximate surface area is 846 Å². The number of methoxy groups -OCH3 is 2. The standard InChI is InChI=1S/C21H23NO4.C21H17NO3.2C17H17NO3.C16H14FNO3.C13H11NO3.C11H7FN2O2/c1-26-19-12-16(11-17(13-23)20(19)24)14-6-5-7-15(10-14)21(25)22-18-8-3-2-4-9-18;23-14-19-12-17(9-10-20(19)24)16-7-4-8-18(11-16)21(25)22-13-15-5-2-1-3-6-15;1-11(2)18-17(21)14-5-3-4-12(8-14)13-6-7-16(20)15(9-13)10-19;1-2-8-18-17(21)14-5-3-4-12(9-14)13-6-7-16(20)15(10-13)11-19;1-18(2)16(21)11-5-3-10(4-6-11)12-7-13(9-19)15(20)14(17)8-12;1-17-12-3-2-10(11(8-15)13(12)16)9-4-6-14-7-5-9;12-10-2-7(1-8(5-15)11(10)16)9-3-13-6-14-4-9/h5-7,10-13,18,24H,2-4,8-9H2,1H3,(H,22,25);1-12,14,24H,13H2,(H,22,25);3-11,20H,1-2H3,(H,18,21);3-7,9-11,20H,2,8H2,1H3,(H,18,21);3-9,20H,1-2H3;2-8,16H,1H3;1-6,16H. The van der Waals surface area contributed by atoms with Crippen molar-refractivity contribution in [3.05, 3.63) is 382 Å².